The Labute approximate surface area is 170 Å². The van der Waals surface area contributed by atoms with Gasteiger partial charge in [-0.25, -0.2) is 0 Å². The summed E-state index contributed by atoms with van der Waals surface area (Å²) in [6, 6.07) is 0. The lowest BCUT2D eigenvalue weighted by molar-refractivity contribution is -0.132. The van der Waals surface area contributed by atoms with Crippen LogP contribution in [0.3, 0.4) is 0 Å². The van der Waals surface area contributed by atoms with Gasteiger partial charge in [0.1, 0.15) is 0 Å². The first-order valence-corrected chi connectivity index (χ1v) is 11.0. The molecule has 2 rings (SSSR count). The summed E-state index contributed by atoms with van der Waals surface area (Å²) in [7, 11) is 0. The fourth-order valence-corrected chi connectivity index (χ4v) is 3.93. The average molecular weight is 403 g/mol. The highest BCUT2D eigenvalue weighted by molar-refractivity contribution is 7.80. The summed E-state index contributed by atoms with van der Waals surface area (Å²) in [5, 5.41) is 0.420. The Kier molecular flexibility index (Phi) is 10.4. The van der Waals surface area contributed by atoms with Gasteiger partial charge >= 0.3 is 0 Å². The van der Waals surface area contributed by atoms with Gasteiger partial charge in [0.15, 0.2) is 0 Å². The molecule has 27 heavy (non-hydrogen) atoms. The topological polar surface area (TPSA) is 51.2 Å². The lowest BCUT2D eigenvalue weighted by Gasteiger charge is -2.33. The fourth-order valence-electron chi connectivity index (χ4n) is 3.70. The molecule has 2 atom stereocenters. The molecule has 7 heteroatoms. The van der Waals surface area contributed by atoms with Crippen molar-refractivity contribution in [2.45, 2.75) is 70.0 Å². The minimum Gasteiger partial charge on any atom is -0.379 e. The van der Waals surface area contributed by atoms with Crippen LogP contribution in [-0.2, 0) is 19.0 Å². The van der Waals surface area contributed by atoms with E-state index in [0.717, 1.165) is 52.0 Å². The number of likely N-dealkylation sites (tertiary alicyclic amines) is 2. The molecule has 6 nitrogen and oxygen atoms in total. The SMILES string of the molecule is CC(S)CN1CCC(OC2CCN(C(=O)CCOCCOC(C)C)C2)CC1. The molecular weight excluding hydrogens is 364 g/mol. The minimum atomic E-state index is 0.170. The van der Waals surface area contributed by atoms with E-state index >= 15 is 0 Å². The largest absolute Gasteiger partial charge is 0.379 e. The van der Waals surface area contributed by atoms with E-state index in [9.17, 15) is 4.79 Å². The third kappa shape index (κ3) is 9.13. The van der Waals surface area contributed by atoms with Crippen molar-refractivity contribution in [3.8, 4) is 0 Å². The van der Waals surface area contributed by atoms with Crippen molar-refractivity contribution in [1.29, 1.82) is 0 Å². The Morgan fingerprint density at radius 2 is 1.74 bits per heavy atom. The predicted octanol–water partition coefficient (Wildman–Crippen LogP) is 2.22. The summed E-state index contributed by atoms with van der Waals surface area (Å²) in [5.74, 6) is 0.170. The van der Waals surface area contributed by atoms with Crippen LogP contribution in [0.1, 0.15) is 46.5 Å². The molecule has 158 valence electrons. The molecule has 0 saturated carbocycles. The smallest absolute Gasteiger partial charge is 0.224 e. The number of ether oxygens (including phenoxy) is 3. The molecule has 2 unspecified atom stereocenters. The first-order valence-electron chi connectivity index (χ1n) is 10.5. The molecule has 0 N–H and O–H groups in total. The normalized spacial score (nSPS) is 23.3. The quantitative estimate of drug-likeness (QED) is 0.424. The summed E-state index contributed by atoms with van der Waals surface area (Å²) in [4.78, 5) is 16.7. The van der Waals surface area contributed by atoms with Crippen molar-refractivity contribution in [1.82, 2.24) is 9.80 Å². The van der Waals surface area contributed by atoms with E-state index in [2.05, 4.69) is 24.5 Å². The van der Waals surface area contributed by atoms with Crippen LogP contribution in [0.2, 0.25) is 0 Å². The molecule has 0 aliphatic carbocycles. The lowest BCUT2D eigenvalue weighted by Crippen LogP contribution is -2.41. The number of amides is 1. The van der Waals surface area contributed by atoms with Crippen LogP contribution in [0, 0.1) is 0 Å². The van der Waals surface area contributed by atoms with Gasteiger partial charge in [-0.1, -0.05) is 6.92 Å². The molecule has 2 aliphatic heterocycles. The molecule has 0 aromatic carbocycles. The Morgan fingerprint density at radius 3 is 2.41 bits per heavy atom. The lowest BCUT2D eigenvalue weighted by atomic mass is 10.1. The molecule has 2 aliphatic rings. The second kappa shape index (κ2) is 12.3. The van der Waals surface area contributed by atoms with Crippen molar-refractivity contribution < 1.29 is 19.0 Å². The number of carbonyl (C=O) groups excluding carboxylic acids is 1. The second-order valence-electron chi connectivity index (χ2n) is 8.02. The maximum Gasteiger partial charge on any atom is 0.224 e. The first-order chi connectivity index (χ1) is 12.9. The van der Waals surface area contributed by atoms with Gasteiger partial charge < -0.3 is 24.0 Å². The second-order valence-corrected chi connectivity index (χ2v) is 8.90. The molecular formula is C20H38N2O4S. The summed E-state index contributed by atoms with van der Waals surface area (Å²) in [6.07, 6.45) is 4.29. The number of thiol groups is 1. The minimum absolute atomic E-state index is 0.170. The van der Waals surface area contributed by atoms with Crippen molar-refractivity contribution in [2.24, 2.45) is 0 Å². The number of carbonyl (C=O) groups is 1. The van der Waals surface area contributed by atoms with Gasteiger partial charge in [0, 0.05) is 38.0 Å². The molecule has 0 aromatic heterocycles. The molecule has 0 spiro atoms. The Hall–Kier alpha value is -0.340. The average Bonchev–Trinajstić information content (AvgIpc) is 3.07. The molecule has 1 amide bonds. The Morgan fingerprint density at radius 1 is 1.04 bits per heavy atom. The summed E-state index contributed by atoms with van der Waals surface area (Å²) < 4.78 is 17.2. The van der Waals surface area contributed by atoms with Crippen molar-refractivity contribution >= 4 is 18.5 Å². The van der Waals surface area contributed by atoms with E-state index in [0.29, 0.717) is 37.6 Å². The van der Waals surface area contributed by atoms with Gasteiger partial charge in [0.2, 0.25) is 5.91 Å². The van der Waals surface area contributed by atoms with Gasteiger partial charge in [-0.3, -0.25) is 4.79 Å². The Bertz CT molecular complexity index is 428. The molecule has 2 heterocycles. The molecule has 0 radical (unpaired) electrons. The van der Waals surface area contributed by atoms with E-state index < -0.39 is 0 Å². The molecule has 2 saturated heterocycles. The summed E-state index contributed by atoms with van der Waals surface area (Å²) >= 11 is 4.48. The van der Waals surface area contributed by atoms with E-state index in [1.807, 2.05) is 18.7 Å². The zero-order valence-electron chi connectivity index (χ0n) is 17.3. The maximum absolute atomic E-state index is 12.3. The van der Waals surface area contributed by atoms with Crippen LogP contribution in [0.15, 0.2) is 0 Å². The van der Waals surface area contributed by atoms with Crippen LogP contribution in [0.5, 0.6) is 0 Å². The molecule has 2 fully saturated rings. The van der Waals surface area contributed by atoms with Gasteiger partial charge in [-0.05, 0) is 33.1 Å². The summed E-state index contributed by atoms with van der Waals surface area (Å²) in [5.41, 5.74) is 0. The van der Waals surface area contributed by atoms with E-state index in [1.54, 1.807) is 0 Å². The van der Waals surface area contributed by atoms with Crippen LogP contribution < -0.4 is 0 Å². The predicted molar refractivity (Wildman–Crippen MR) is 111 cm³/mol. The fraction of sp³-hybridized carbons (Fsp3) is 0.950. The van der Waals surface area contributed by atoms with Crippen molar-refractivity contribution in [3.63, 3.8) is 0 Å². The highest BCUT2D eigenvalue weighted by Crippen LogP contribution is 2.21. The highest BCUT2D eigenvalue weighted by Gasteiger charge is 2.30. The van der Waals surface area contributed by atoms with E-state index in [4.69, 9.17) is 14.2 Å². The zero-order valence-corrected chi connectivity index (χ0v) is 18.2. The van der Waals surface area contributed by atoms with Crippen LogP contribution in [-0.4, -0.2) is 91.8 Å². The van der Waals surface area contributed by atoms with Gasteiger partial charge in [-0.15, -0.1) is 0 Å². The number of rotatable bonds is 11. The third-order valence-electron chi connectivity index (χ3n) is 5.08. The van der Waals surface area contributed by atoms with Gasteiger partial charge in [0.25, 0.3) is 0 Å². The Balaban J connectivity index is 1.55. The van der Waals surface area contributed by atoms with Crippen LogP contribution in [0.25, 0.3) is 0 Å². The van der Waals surface area contributed by atoms with Crippen molar-refractivity contribution in [3.05, 3.63) is 0 Å². The first kappa shape index (κ1) is 22.9. The number of hydrogen-bond acceptors (Lipinski definition) is 6. The van der Waals surface area contributed by atoms with Crippen LogP contribution in [0.4, 0.5) is 0 Å². The number of nitrogens with zero attached hydrogens (tertiary/aromatic N) is 2. The maximum atomic E-state index is 12.3. The van der Waals surface area contributed by atoms with E-state index in [-0.39, 0.29) is 18.1 Å². The molecule has 0 aromatic rings. The molecule has 0 bridgehead atoms. The highest BCUT2D eigenvalue weighted by atomic mass is 32.1. The van der Waals surface area contributed by atoms with Gasteiger partial charge in [-0.2, -0.15) is 12.6 Å². The van der Waals surface area contributed by atoms with Gasteiger partial charge in [0.05, 0.1) is 44.6 Å². The number of hydrogen-bond donors (Lipinski definition) is 1. The standard InChI is InChI=1S/C20H38N2O4S/c1-16(2)25-13-12-24-11-7-20(23)22-10-6-19(15-22)26-18-4-8-21(9-5-18)14-17(3)27/h16-19,27H,4-15H2,1-3H3. The monoisotopic (exact) mass is 402 g/mol. The number of piperidine rings is 1. The van der Waals surface area contributed by atoms with E-state index in [1.165, 1.54) is 0 Å². The van der Waals surface area contributed by atoms with Crippen LogP contribution >= 0.6 is 12.6 Å². The zero-order chi connectivity index (χ0) is 19.6. The van der Waals surface area contributed by atoms with Crippen molar-refractivity contribution in [2.75, 3.05) is 52.5 Å². The third-order valence-corrected chi connectivity index (χ3v) is 5.24. The summed E-state index contributed by atoms with van der Waals surface area (Å²) in [6.45, 7) is 12.5.